The monoisotopic (exact) mass is 374 g/mol. The first kappa shape index (κ1) is 25.3. The lowest BCUT2D eigenvalue weighted by Gasteiger charge is -2.20. The molecule has 0 saturated heterocycles. The quantitative estimate of drug-likeness (QED) is 0.224. The molecular formula is C20H42N2O4. The Morgan fingerprint density at radius 1 is 0.846 bits per heavy atom. The summed E-state index contributed by atoms with van der Waals surface area (Å²) in [4.78, 5) is 13.6. The van der Waals surface area contributed by atoms with E-state index < -0.39 is 0 Å². The van der Waals surface area contributed by atoms with Crippen LogP contribution in [0.25, 0.3) is 0 Å². The molecule has 0 aromatic rings. The van der Waals surface area contributed by atoms with Crippen molar-refractivity contribution in [3.63, 3.8) is 0 Å². The molecule has 0 heterocycles. The Labute approximate surface area is 160 Å². The number of rotatable bonds is 20. The molecular weight excluding hydrogens is 332 g/mol. The summed E-state index contributed by atoms with van der Waals surface area (Å²) < 4.78 is 5.22. The number of hydrogen-bond donors (Lipinski definition) is 3. The number of unbranched alkanes of at least 4 members (excludes halogenated alkanes) is 8. The predicted octanol–water partition coefficient (Wildman–Crippen LogP) is 2.33. The van der Waals surface area contributed by atoms with Gasteiger partial charge >= 0.3 is 5.97 Å². The second-order valence-electron chi connectivity index (χ2n) is 6.84. The van der Waals surface area contributed by atoms with Gasteiger partial charge in [0.15, 0.2) is 0 Å². The van der Waals surface area contributed by atoms with E-state index in [1.807, 2.05) is 4.90 Å². The maximum atomic E-state index is 11.6. The molecule has 0 fully saturated rings. The van der Waals surface area contributed by atoms with Gasteiger partial charge in [0, 0.05) is 39.1 Å². The minimum atomic E-state index is -0.100. The van der Waals surface area contributed by atoms with E-state index in [0.717, 1.165) is 25.9 Å². The summed E-state index contributed by atoms with van der Waals surface area (Å²) in [5.74, 6) is -0.100. The highest BCUT2D eigenvalue weighted by Gasteiger charge is 2.04. The van der Waals surface area contributed by atoms with Crippen molar-refractivity contribution in [3.05, 3.63) is 0 Å². The molecule has 0 aliphatic heterocycles. The number of nitrogens with zero attached hydrogens (tertiary/aromatic N) is 1. The molecule has 0 aromatic carbocycles. The average molecular weight is 375 g/mol. The highest BCUT2D eigenvalue weighted by Crippen LogP contribution is 2.10. The van der Waals surface area contributed by atoms with Crippen LogP contribution < -0.4 is 5.32 Å². The van der Waals surface area contributed by atoms with E-state index in [4.69, 9.17) is 14.9 Å². The van der Waals surface area contributed by atoms with Crippen molar-refractivity contribution >= 4 is 5.97 Å². The number of carbonyl (C=O) groups excluding carboxylic acids is 1. The fourth-order valence-corrected chi connectivity index (χ4v) is 2.87. The van der Waals surface area contributed by atoms with Crippen LogP contribution in [0.15, 0.2) is 0 Å². The molecule has 0 rings (SSSR count). The summed E-state index contributed by atoms with van der Waals surface area (Å²) >= 11 is 0. The van der Waals surface area contributed by atoms with Crippen LogP contribution in [-0.2, 0) is 9.53 Å². The molecule has 6 heteroatoms. The Morgan fingerprint density at radius 2 is 1.42 bits per heavy atom. The molecule has 156 valence electrons. The minimum Gasteiger partial charge on any atom is -0.464 e. The number of hydrogen-bond acceptors (Lipinski definition) is 6. The summed E-state index contributed by atoms with van der Waals surface area (Å²) in [7, 11) is 0. The zero-order valence-corrected chi connectivity index (χ0v) is 16.9. The number of ether oxygens (including phenoxy) is 1. The van der Waals surface area contributed by atoms with Crippen molar-refractivity contribution in [2.24, 2.45) is 0 Å². The molecule has 0 aliphatic carbocycles. The molecule has 0 bridgehead atoms. The molecule has 26 heavy (non-hydrogen) atoms. The van der Waals surface area contributed by atoms with Crippen LogP contribution in [0.2, 0.25) is 0 Å². The SMILES string of the molecule is CCCCCCCCCCCC(=O)OCCNCCN(CCO)CCO. The molecule has 0 aromatic heterocycles. The Balaban J connectivity index is 3.33. The molecule has 0 unspecified atom stereocenters. The van der Waals surface area contributed by atoms with Crippen LogP contribution in [-0.4, -0.2) is 73.6 Å². The van der Waals surface area contributed by atoms with Gasteiger partial charge in [0.25, 0.3) is 0 Å². The maximum absolute atomic E-state index is 11.6. The third-order valence-corrected chi connectivity index (χ3v) is 4.46. The first-order valence-corrected chi connectivity index (χ1v) is 10.5. The lowest BCUT2D eigenvalue weighted by Crippen LogP contribution is -2.36. The number of aliphatic hydroxyl groups excluding tert-OH is 2. The van der Waals surface area contributed by atoms with Crippen molar-refractivity contribution in [1.29, 1.82) is 0 Å². The van der Waals surface area contributed by atoms with E-state index in [1.165, 1.54) is 44.9 Å². The van der Waals surface area contributed by atoms with Crippen molar-refractivity contribution in [2.45, 2.75) is 71.1 Å². The summed E-state index contributed by atoms with van der Waals surface area (Å²) in [6.07, 6.45) is 11.8. The molecule has 0 radical (unpaired) electrons. The van der Waals surface area contributed by atoms with Crippen molar-refractivity contribution in [3.8, 4) is 0 Å². The molecule has 0 spiro atoms. The van der Waals surface area contributed by atoms with Gasteiger partial charge in [-0.2, -0.15) is 0 Å². The second kappa shape index (κ2) is 20.6. The number of esters is 1. The normalized spacial score (nSPS) is 11.2. The Hall–Kier alpha value is -0.690. The first-order valence-electron chi connectivity index (χ1n) is 10.5. The smallest absolute Gasteiger partial charge is 0.305 e. The lowest BCUT2D eigenvalue weighted by atomic mass is 10.1. The molecule has 0 saturated carbocycles. The van der Waals surface area contributed by atoms with Crippen LogP contribution in [0.1, 0.15) is 71.1 Å². The standard InChI is InChI=1S/C20H42N2O4/c1-2-3-4-5-6-7-8-9-10-11-20(25)26-19-13-21-12-14-22(15-17-23)16-18-24/h21,23-24H,2-19H2,1H3. The number of nitrogens with one attached hydrogen (secondary N) is 1. The van der Waals surface area contributed by atoms with E-state index >= 15 is 0 Å². The van der Waals surface area contributed by atoms with Gasteiger partial charge < -0.3 is 20.3 Å². The fraction of sp³-hybridized carbons (Fsp3) is 0.950. The molecule has 6 nitrogen and oxygen atoms in total. The Bertz CT molecular complexity index is 298. The third-order valence-electron chi connectivity index (χ3n) is 4.46. The van der Waals surface area contributed by atoms with Gasteiger partial charge in [0.1, 0.15) is 6.61 Å². The van der Waals surface area contributed by atoms with E-state index in [0.29, 0.717) is 32.7 Å². The van der Waals surface area contributed by atoms with Crippen LogP contribution in [0.4, 0.5) is 0 Å². The minimum absolute atomic E-state index is 0.0937. The number of aliphatic hydroxyl groups is 2. The zero-order valence-electron chi connectivity index (χ0n) is 16.9. The topological polar surface area (TPSA) is 82.0 Å². The first-order chi connectivity index (χ1) is 12.7. The fourth-order valence-electron chi connectivity index (χ4n) is 2.87. The summed E-state index contributed by atoms with van der Waals surface area (Å²) in [6.45, 7) is 6.09. The average Bonchev–Trinajstić information content (AvgIpc) is 2.63. The Morgan fingerprint density at radius 3 is 2.00 bits per heavy atom. The van der Waals surface area contributed by atoms with Crippen LogP contribution in [0.5, 0.6) is 0 Å². The molecule has 0 aliphatic rings. The van der Waals surface area contributed by atoms with Gasteiger partial charge in [0.05, 0.1) is 13.2 Å². The predicted molar refractivity (Wildman–Crippen MR) is 106 cm³/mol. The summed E-state index contributed by atoms with van der Waals surface area (Å²) in [5, 5.41) is 21.1. The van der Waals surface area contributed by atoms with Gasteiger partial charge in [0.2, 0.25) is 0 Å². The van der Waals surface area contributed by atoms with Crippen molar-refractivity contribution < 1.29 is 19.7 Å². The second-order valence-corrected chi connectivity index (χ2v) is 6.84. The highest BCUT2D eigenvalue weighted by atomic mass is 16.5. The van der Waals surface area contributed by atoms with Crippen molar-refractivity contribution in [2.75, 3.05) is 52.5 Å². The number of carbonyl (C=O) groups is 1. The van der Waals surface area contributed by atoms with E-state index in [9.17, 15) is 4.79 Å². The highest BCUT2D eigenvalue weighted by molar-refractivity contribution is 5.69. The zero-order chi connectivity index (χ0) is 19.3. The summed E-state index contributed by atoms with van der Waals surface area (Å²) in [5.41, 5.74) is 0. The molecule has 3 N–H and O–H groups in total. The van der Waals surface area contributed by atoms with Gasteiger partial charge in [-0.3, -0.25) is 9.69 Å². The summed E-state index contributed by atoms with van der Waals surface area (Å²) in [6, 6.07) is 0. The van der Waals surface area contributed by atoms with Crippen LogP contribution >= 0.6 is 0 Å². The van der Waals surface area contributed by atoms with E-state index in [1.54, 1.807) is 0 Å². The van der Waals surface area contributed by atoms with Gasteiger partial charge in [-0.05, 0) is 6.42 Å². The van der Waals surface area contributed by atoms with Crippen LogP contribution in [0, 0.1) is 0 Å². The van der Waals surface area contributed by atoms with E-state index in [2.05, 4.69) is 12.2 Å². The lowest BCUT2D eigenvalue weighted by molar-refractivity contribution is -0.143. The van der Waals surface area contributed by atoms with Crippen LogP contribution in [0.3, 0.4) is 0 Å². The Kier molecular flexibility index (Phi) is 20.1. The van der Waals surface area contributed by atoms with Gasteiger partial charge in [-0.1, -0.05) is 58.3 Å². The third kappa shape index (κ3) is 18.1. The largest absolute Gasteiger partial charge is 0.464 e. The molecule has 0 amide bonds. The van der Waals surface area contributed by atoms with E-state index in [-0.39, 0.29) is 19.2 Å². The van der Waals surface area contributed by atoms with Crippen molar-refractivity contribution in [1.82, 2.24) is 10.2 Å². The van der Waals surface area contributed by atoms with Gasteiger partial charge in [-0.25, -0.2) is 0 Å². The van der Waals surface area contributed by atoms with Gasteiger partial charge in [-0.15, -0.1) is 0 Å². The molecule has 0 atom stereocenters. The maximum Gasteiger partial charge on any atom is 0.305 e.